The Kier molecular flexibility index (Phi) is 7.12. The summed E-state index contributed by atoms with van der Waals surface area (Å²) in [5.74, 6) is -2.37. The van der Waals surface area contributed by atoms with Gasteiger partial charge in [0.05, 0.1) is 24.0 Å². The molecular formula is C29H39N3O5. The molecule has 3 aliphatic rings. The third-order valence-corrected chi connectivity index (χ3v) is 8.15. The number of rotatable bonds is 9. The van der Waals surface area contributed by atoms with E-state index in [-0.39, 0.29) is 37.4 Å². The number of fused-ring (bicyclic) bond motifs is 1. The van der Waals surface area contributed by atoms with Crippen LogP contribution in [0, 0.1) is 11.8 Å². The van der Waals surface area contributed by atoms with E-state index in [0.29, 0.717) is 25.1 Å². The third-order valence-electron chi connectivity index (χ3n) is 8.15. The van der Waals surface area contributed by atoms with Crippen LogP contribution in [0.15, 0.2) is 55.6 Å². The van der Waals surface area contributed by atoms with E-state index in [1.54, 1.807) is 22.0 Å². The average molecular weight is 510 g/mol. The van der Waals surface area contributed by atoms with E-state index in [2.05, 4.69) is 13.2 Å². The second-order valence-corrected chi connectivity index (χ2v) is 11.5. The minimum absolute atomic E-state index is 0.00436. The number of aliphatic hydroxyl groups excluding tert-OH is 1. The molecule has 5 atom stereocenters. The van der Waals surface area contributed by atoms with E-state index >= 15 is 0 Å². The molecular weight excluding hydrogens is 470 g/mol. The number of carbonyl (C=O) groups is 3. The lowest BCUT2D eigenvalue weighted by atomic mass is 9.66. The van der Waals surface area contributed by atoms with Crippen molar-refractivity contribution >= 4 is 23.4 Å². The number of aliphatic hydroxyl groups is 1. The van der Waals surface area contributed by atoms with Gasteiger partial charge in [-0.25, -0.2) is 0 Å². The number of amides is 3. The summed E-state index contributed by atoms with van der Waals surface area (Å²) in [6, 6.07) is 8.37. The molecule has 1 aromatic carbocycles. The van der Waals surface area contributed by atoms with Crippen molar-refractivity contribution in [2.24, 2.45) is 11.8 Å². The number of β-amino-alcohol motifs (C(OH)–C–C–N with tert-alkyl or cyclic N) is 1. The highest BCUT2D eigenvalue weighted by atomic mass is 16.5. The van der Waals surface area contributed by atoms with Crippen LogP contribution in [0.1, 0.15) is 40.5 Å². The summed E-state index contributed by atoms with van der Waals surface area (Å²) >= 11 is 0. The summed E-state index contributed by atoms with van der Waals surface area (Å²) in [6.07, 6.45) is 4.37. The van der Waals surface area contributed by atoms with Crippen molar-refractivity contribution in [2.45, 2.75) is 63.3 Å². The first-order chi connectivity index (χ1) is 17.5. The molecule has 200 valence electrons. The van der Waals surface area contributed by atoms with Crippen molar-refractivity contribution in [2.75, 3.05) is 31.1 Å². The van der Waals surface area contributed by atoms with Gasteiger partial charge < -0.3 is 24.5 Å². The Hall–Kier alpha value is -2.97. The summed E-state index contributed by atoms with van der Waals surface area (Å²) < 4.78 is 6.70. The second kappa shape index (κ2) is 9.72. The molecule has 1 N–H and O–H groups in total. The molecule has 0 radical (unpaired) electrons. The van der Waals surface area contributed by atoms with Crippen LogP contribution >= 0.6 is 0 Å². The molecule has 37 heavy (non-hydrogen) atoms. The highest BCUT2D eigenvalue weighted by molar-refractivity contribution is 6.03. The van der Waals surface area contributed by atoms with Gasteiger partial charge >= 0.3 is 0 Å². The first kappa shape index (κ1) is 27.1. The van der Waals surface area contributed by atoms with Gasteiger partial charge in [-0.05, 0) is 52.7 Å². The minimum Gasteiger partial charge on any atom is -0.395 e. The van der Waals surface area contributed by atoms with Crippen LogP contribution in [0.25, 0.3) is 0 Å². The highest BCUT2D eigenvalue weighted by Crippen LogP contribution is 2.63. The van der Waals surface area contributed by atoms with E-state index in [9.17, 15) is 19.5 Å². The predicted octanol–water partition coefficient (Wildman–Crippen LogP) is 2.78. The molecule has 3 saturated heterocycles. The van der Waals surface area contributed by atoms with Crippen molar-refractivity contribution in [3.63, 3.8) is 0 Å². The molecule has 3 aliphatic heterocycles. The zero-order valence-corrected chi connectivity index (χ0v) is 22.4. The fourth-order valence-corrected chi connectivity index (χ4v) is 6.63. The Labute approximate surface area is 219 Å². The lowest BCUT2D eigenvalue weighted by molar-refractivity contribution is -0.155. The van der Waals surface area contributed by atoms with Gasteiger partial charge in [0.2, 0.25) is 17.7 Å². The van der Waals surface area contributed by atoms with Crippen LogP contribution in [0.3, 0.4) is 0 Å². The number of benzene rings is 1. The van der Waals surface area contributed by atoms with Crippen molar-refractivity contribution in [3.8, 4) is 0 Å². The summed E-state index contributed by atoms with van der Waals surface area (Å²) in [7, 11) is 0. The molecule has 0 saturated carbocycles. The smallest absolute Gasteiger partial charge is 0.249 e. The first-order valence-corrected chi connectivity index (χ1v) is 13.0. The largest absolute Gasteiger partial charge is 0.395 e. The molecule has 4 rings (SSSR count). The number of likely N-dealkylation sites (tertiary alicyclic amines) is 1. The van der Waals surface area contributed by atoms with Crippen LogP contribution in [0.4, 0.5) is 5.69 Å². The minimum atomic E-state index is -1.14. The summed E-state index contributed by atoms with van der Waals surface area (Å²) in [6.45, 7) is 15.6. The Balaban J connectivity index is 1.80. The topological polar surface area (TPSA) is 90.4 Å². The number of nitrogens with zero attached hydrogens (tertiary/aromatic N) is 3. The van der Waals surface area contributed by atoms with Crippen molar-refractivity contribution < 1.29 is 24.2 Å². The average Bonchev–Trinajstić information content (AvgIpc) is 3.41. The molecule has 2 unspecified atom stereocenters. The molecule has 0 aliphatic carbocycles. The Morgan fingerprint density at radius 2 is 1.78 bits per heavy atom. The molecule has 3 fully saturated rings. The van der Waals surface area contributed by atoms with Crippen molar-refractivity contribution in [1.82, 2.24) is 9.80 Å². The van der Waals surface area contributed by atoms with Gasteiger partial charge in [-0.1, -0.05) is 30.4 Å². The number of para-hydroxylation sites is 1. The van der Waals surface area contributed by atoms with Gasteiger partial charge in [0.25, 0.3) is 0 Å². The Bertz CT molecular complexity index is 1080. The maximum absolute atomic E-state index is 14.2. The van der Waals surface area contributed by atoms with Gasteiger partial charge in [-0.15, -0.1) is 13.2 Å². The fourth-order valence-electron chi connectivity index (χ4n) is 6.63. The standard InChI is InChI=1S/C29H39N3O5/c1-7-16-30(20-12-10-9-11-13-20)24(34)21-22-25(35)31(18-19-33)23(29(22)15-14-28(21,6)37-29)26(36)32(17-8-2)27(3,4)5/h7-13,21-23,33H,1-2,14-19H2,3-6H3/t21-,22+,23?,28+,29?/m1/s1. The molecule has 2 bridgehead atoms. The fraction of sp³-hybridized carbons (Fsp3) is 0.552. The van der Waals surface area contributed by atoms with Gasteiger partial charge in [-0.3, -0.25) is 14.4 Å². The third kappa shape index (κ3) is 4.20. The molecule has 3 amide bonds. The SMILES string of the molecule is C=CCN(C(=O)[C@H]1[C@H]2C(=O)N(CCO)C(C(=O)N(CC=C)C(C)(C)C)C23CC[C@]1(C)O3)c1ccccc1. The molecule has 1 spiro atoms. The van der Waals surface area contributed by atoms with E-state index in [1.807, 2.05) is 58.0 Å². The van der Waals surface area contributed by atoms with E-state index in [0.717, 1.165) is 0 Å². The maximum Gasteiger partial charge on any atom is 0.249 e. The van der Waals surface area contributed by atoms with Gasteiger partial charge in [0.1, 0.15) is 11.6 Å². The summed E-state index contributed by atoms with van der Waals surface area (Å²) in [4.78, 5) is 47.2. The van der Waals surface area contributed by atoms with E-state index < -0.39 is 34.6 Å². The summed E-state index contributed by atoms with van der Waals surface area (Å²) in [5.41, 5.74) is -1.85. The molecule has 1 aromatic rings. The van der Waals surface area contributed by atoms with Crippen LogP contribution in [0.5, 0.6) is 0 Å². The predicted molar refractivity (Wildman–Crippen MR) is 142 cm³/mol. The van der Waals surface area contributed by atoms with Gasteiger partial charge in [-0.2, -0.15) is 0 Å². The van der Waals surface area contributed by atoms with E-state index in [4.69, 9.17) is 4.74 Å². The lowest BCUT2D eigenvalue weighted by Crippen LogP contribution is -2.60. The molecule has 8 heteroatoms. The number of hydrogen-bond acceptors (Lipinski definition) is 5. The van der Waals surface area contributed by atoms with Crippen LogP contribution < -0.4 is 4.90 Å². The maximum atomic E-state index is 14.2. The molecule has 3 heterocycles. The Morgan fingerprint density at radius 3 is 2.35 bits per heavy atom. The van der Waals surface area contributed by atoms with Crippen LogP contribution in [-0.4, -0.2) is 81.7 Å². The normalized spacial score (nSPS) is 30.2. The van der Waals surface area contributed by atoms with Gasteiger partial charge in [0, 0.05) is 30.9 Å². The molecule has 0 aromatic heterocycles. The number of hydrogen-bond donors (Lipinski definition) is 1. The number of anilines is 1. The lowest BCUT2D eigenvalue weighted by Gasteiger charge is -2.42. The zero-order valence-electron chi connectivity index (χ0n) is 22.4. The molecule has 8 nitrogen and oxygen atoms in total. The highest BCUT2D eigenvalue weighted by Gasteiger charge is 2.78. The zero-order chi connectivity index (χ0) is 27.2. The van der Waals surface area contributed by atoms with Crippen molar-refractivity contribution in [3.05, 3.63) is 55.6 Å². The second-order valence-electron chi connectivity index (χ2n) is 11.5. The van der Waals surface area contributed by atoms with Crippen molar-refractivity contribution in [1.29, 1.82) is 0 Å². The van der Waals surface area contributed by atoms with Crippen LogP contribution in [-0.2, 0) is 19.1 Å². The van der Waals surface area contributed by atoms with Crippen LogP contribution in [0.2, 0.25) is 0 Å². The summed E-state index contributed by atoms with van der Waals surface area (Å²) in [5, 5.41) is 9.85. The Morgan fingerprint density at radius 1 is 1.14 bits per heavy atom. The number of ether oxygens (including phenoxy) is 1. The van der Waals surface area contributed by atoms with Gasteiger partial charge in [0.15, 0.2) is 0 Å². The van der Waals surface area contributed by atoms with E-state index in [1.165, 1.54) is 4.90 Å². The quantitative estimate of drug-likeness (QED) is 0.517. The monoisotopic (exact) mass is 509 g/mol. The number of carbonyl (C=O) groups excluding carboxylic acids is 3. The first-order valence-electron chi connectivity index (χ1n) is 13.0.